The number of carbonyl (C=O) groups excluding carboxylic acids is 1. The minimum atomic E-state index is -1.15. The topological polar surface area (TPSA) is 82.1 Å². The fraction of sp³-hybridized carbons (Fsp3) is 0.529. The minimum absolute atomic E-state index is 0.0475. The second kappa shape index (κ2) is 5.04. The van der Waals surface area contributed by atoms with Crippen LogP contribution in [-0.4, -0.2) is 47.6 Å². The molecule has 7 atom stereocenters. The molecule has 0 amide bonds. The van der Waals surface area contributed by atoms with E-state index in [-0.39, 0.29) is 47.4 Å². The fourth-order valence-corrected chi connectivity index (χ4v) is 4.16. The summed E-state index contributed by atoms with van der Waals surface area (Å²) in [4.78, 5) is 23.7. The summed E-state index contributed by atoms with van der Waals surface area (Å²) in [6, 6.07) is 6.05. The number of aromatic carboxylic acids is 1. The number of carboxylic acids is 1. The van der Waals surface area contributed by atoms with Crippen LogP contribution in [0.3, 0.4) is 0 Å². The van der Waals surface area contributed by atoms with Crippen LogP contribution < -0.4 is 0 Å². The highest BCUT2D eigenvalue weighted by atomic mass is 16.6. The van der Waals surface area contributed by atoms with Gasteiger partial charge in [-0.3, -0.25) is 0 Å². The van der Waals surface area contributed by atoms with Crippen LogP contribution in [0.25, 0.3) is 0 Å². The molecule has 0 aliphatic carbocycles. The van der Waals surface area contributed by atoms with Crippen LogP contribution in [0.1, 0.15) is 34.6 Å². The van der Waals surface area contributed by atoms with E-state index in [1.165, 1.54) is 12.1 Å². The van der Waals surface area contributed by atoms with E-state index in [1.807, 2.05) is 6.92 Å². The Balaban J connectivity index is 1.58. The molecule has 6 heteroatoms. The van der Waals surface area contributed by atoms with Gasteiger partial charge in [-0.05, 0) is 12.1 Å². The first kappa shape index (κ1) is 14.7. The van der Waals surface area contributed by atoms with Crippen molar-refractivity contribution in [3.63, 3.8) is 0 Å². The van der Waals surface area contributed by atoms with E-state index in [0.29, 0.717) is 0 Å². The summed E-state index contributed by atoms with van der Waals surface area (Å²) in [6.07, 6.45) is -0.817. The summed E-state index contributed by atoms with van der Waals surface area (Å²) in [5.74, 6) is -1.37. The van der Waals surface area contributed by atoms with Crippen LogP contribution in [-0.2, 0) is 14.2 Å². The average molecular weight is 318 g/mol. The standard InChI is InChI=1S/C17H18O6/c1-7-11-8(2)13-15(14(21-11)12(7)22-13)23-17(20)10-6-4-3-5-9(10)16(18)19/h3-8,11-15H,1-2H3,(H,18,19)/t7?,8-,11-,12-,13+,14+,15+/m1/s1. The number of carboxylic acid groups (broad SMARTS) is 1. The molecule has 1 N–H and O–H groups in total. The van der Waals surface area contributed by atoms with Crippen molar-refractivity contribution in [1.82, 2.24) is 0 Å². The number of hydrogen-bond acceptors (Lipinski definition) is 5. The Labute approximate surface area is 133 Å². The normalized spacial score (nSPS) is 40.3. The number of carbonyl (C=O) groups is 2. The zero-order valence-electron chi connectivity index (χ0n) is 12.8. The quantitative estimate of drug-likeness (QED) is 0.855. The maximum atomic E-state index is 12.5. The molecule has 0 spiro atoms. The molecule has 0 radical (unpaired) electrons. The highest BCUT2D eigenvalue weighted by molar-refractivity contribution is 6.02. The van der Waals surface area contributed by atoms with Gasteiger partial charge in [0.1, 0.15) is 12.2 Å². The lowest BCUT2D eigenvalue weighted by molar-refractivity contribution is -0.152. The van der Waals surface area contributed by atoms with Crippen LogP contribution >= 0.6 is 0 Å². The first-order valence-electron chi connectivity index (χ1n) is 7.83. The van der Waals surface area contributed by atoms with Gasteiger partial charge in [0.05, 0.1) is 23.3 Å². The van der Waals surface area contributed by atoms with Gasteiger partial charge in [0.2, 0.25) is 0 Å². The highest BCUT2D eigenvalue weighted by Crippen LogP contribution is 2.50. The van der Waals surface area contributed by atoms with Crippen molar-refractivity contribution in [2.45, 2.75) is 44.4 Å². The van der Waals surface area contributed by atoms with Crippen molar-refractivity contribution in [2.75, 3.05) is 0 Å². The van der Waals surface area contributed by atoms with Gasteiger partial charge in [-0.25, -0.2) is 9.59 Å². The SMILES string of the molecule is CC1[C@H]2O[C@@H]3[C@@H](OC(=O)c4ccccc4C(=O)O)[C@@H](O[C@H]13)[C@@H]2C. The summed E-state index contributed by atoms with van der Waals surface area (Å²) in [7, 11) is 0. The van der Waals surface area contributed by atoms with Gasteiger partial charge < -0.3 is 19.3 Å². The monoisotopic (exact) mass is 318 g/mol. The largest absolute Gasteiger partial charge is 0.478 e. The van der Waals surface area contributed by atoms with E-state index in [0.717, 1.165) is 0 Å². The molecular formula is C17H18O6. The van der Waals surface area contributed by atoms with Crippen molar-refractivity contribution >= 4 is 11.9 Å². The second-order valence-electron chi connectivity index (χ2n) is 6.57. The summed E-state index contributed by atoms with van der Waals surface area (Å²) in [6.45, 7) is 4.13. The molecule has 4 saturated heterocycles. The lowest BCUT2D eigenvalue weighted by Crippen LogP contribution is -2.49. The average Bonchev–Trinajstić information content (AvgIpc) is 2.96. The number of ether oxygens (including phenoxy) is 3. The van der Waals surface area contributed by atoms with E-state index in [2.05, 4.69) is 6.92 Å². The Morgan fingerprint density at radius 2 is 1.57 bits per heavy atom. The lowest BCUT2D eigenvalue weighted by atomic mass is 9.87. The molecular weight excluding hydrogens is 300 g/mol. The Morgan fingerprint density at radius 1 is 0.957 bits per heavy atom. The van der Waals surface area contributed by atoms with Crippen molar-refractivity contribution in [3.8, 4) is 0 Å². The highest BCUT2D eigenvalue weighted by Gasteiger charge is 2.65. The van der Waals surface area contributed by atoms with E-state index in [1.54, 1.807) is 12.1 Å². The third-order valence-electron chi connectivity index (χ3n) is 5.29. The van der Waals surface area contributed by atoms with E-state index < -0.39 is 18.0 Å². The molecule has 0 aromatic heterocycles. The van der Waals surface area contributed by atoms with Crippen molar-refractivity contribution in [1.29, 1.82) is 0 Å². The molecule has 4 aliphatic heterocycles. The number of hydrogen-bond donors (Lipinski definition) is 1. The van der Waals surface area contributed by atoms with E-state index in [4.69, 9.17) is 14.2 Å². The Bertz CT molecular complexity index is 667. The Kier molecular flexibility index (Phi) is 3.21. The third kappa shape index (κ3) is 2.01. The van der Waals surface area contributed by atoms with Gasteiger partial charge in [0, 0.05) is 11.8 Å². The summed E-state index contributed by atoms with van der Waals surface area (Å²) < 4.78 is 17.6. The molecule has 0 saturated carbocycles. The molecule has 23 heavy (non-hydrogen) atoms. The second-order valence-corrected chi connectivity index (χ2v) is 6.57. The summed E-state index contributed by atoms with van der Waals surface area (Å²) >= 11 is 0. The van der Waals surface area contributed by atoms with Crippen LogP contribution in [0.4, 0.5) is 0 Å². The first-order chi connectivity index (χ1) is 11.0. The van der Waals surface area contributed by atoms with Crippen LogP contribution in [0.2, 0.25) is 0 Å². The van der Waals surface area contributed by atoms with E-state index >= 15 is 0 Å². The number of benzene rings is 1. The minimum Gasteiger partial charge on any atom is -0.478 e. The zero-order chi connectivity index (χ0) is 16.3. The van der Waals surface area contributed by atoms with Gasteiger partial charge in [0.25, 0.3) is 0 Å². The molecule has 1 aromatic rings. The fourth-order valence-electron chi connectivity index (χ4n) is 4.16. The molecule has 4 aliphatic rings. The van der Waals surface area contributed by atoms with E-state index in [9.17, 15) is 14.7 Å². The van der Waals surface area contributed by atoms with Gasteiger partial charge in [0.15, 0.2) is 6.10 Å². The molecule has 5 rings (SSSR count). The van der Waals surface area contributed by atoms with Crippen LogP contribution in [0, 0.1) is 11.8 Å². The smallest absolute Gasteiger partial charge is 0.339 e. The van der Waals surface area contributed by atoms with Gasteiger partial charge in [-0.2, -0.15) is 0 Å². The lowest BCUT2D eigenvalue weighted by Gasteiger charge is -2.38. The maximum Gasteiger partial charge on any atom is 0.339 e. The Hall–Kier alpha value is -1.92. The molecule has 122 valence electrons. The predicted octanol–water partition coefficient (Wildman–Crippen LogP) is 1.73. The van der Waals surface area contributed by atoms with Crippen molar-refractivity contribution < 1.29 is 28.9 Å². The predicted molar refractivity (Wildman–Crippen MR) is 78.3 cm³/mol. The summed E-state index contributed by atoms with van der Waals surface area (Å²) in [5.41, 5.74) is -0.00812. The summed E-state index contributed by atoms with van der Waals surface area (Å²) in [5, 5.41) is 9.21. The third-order valence-corrected chi connectivity index (χ3v) is 5.29. The van der Waals surface area contributed by atoms with Crippen LogP contribution in [0.15, 0.2) is 24.3 Å². The number of esters is 1. The Morgan fingerprint density at radius 3 is 2.26 bits per heavy atom. The van der Waals surface area contributed by atoms with Crippen LogP contribution in [0.5, 0.6) is 0 Å². The molecule has 6 nitrogen and oxygen atoms in total. The van der Waals surface area contributed by atoms with Crippen molar-refractivity contribution in [3.05, 3.63) is 35.4 Å². The molecule has 4 fully saturated rings. The van der Waals surface area contributed by atoms with Gasteiger partial charge in [-0.1, -0.05) is 26.0 Å². The number of rotatable bonds is 3. The van der Waals surface area contributed by atoms with Gasteiger partial charge >= 0.3 is 11.9 Å². The molecule has 1 aromatic carbocycles. The zero-order valence-corrected chi connectivity index (χ0v) is 12.8. The molecule has 4 bridgehead atoms. The maximum absolute atomic E-state index is 12.5. The molecule has 4 heterocycles. The van der Waals surface area contributed by atoms with Gasteiger partial charge in [-0.15, -0.1) is 0 Å². The van der Waals surface area contributed by atoms with Crippen molar-refractivity contribution in [2.24, 2.45) is 11.8 Å². The first-order valence-corrected chi connectivity index (χ1v) is 7.83. The molecule has 1 unspecified atom stereocenters.